The summed E-state index contributed by atoms with van der Waals surface area (Å²) in [6.07, 6.45) is 0. The molecule has 0 spiro atoms. The van der Waals surface area contributed by atoms with Crippen molar-refractivity contribution < 1.29 is 4.74 Å². The van der Waals surface area contributed by atoms with Crippen molar-refractivity contribution in [3.8, 4) is 17.3 Å². The predicted molar refractivity (Wildman–Crippen MR) is 106 cm³/mol. The van der Waals surface area contributed by atoms with Crippen molar-refractivity contribution in [2.45, 2.75) is 6.54 Å². The van der Waals surface area contributed by atoms with Crippen LogP contribution in [0.2, 0.25) is 0 Å². The Balaban J connectivity index is 2.06. The van der Waals surface area contributed by atoms with E-state index in [4.69, 9.17) is 17.9 Å². The third kappa shape index (κ3) is 3.07. The molecule has 0 saturated heterocycles. The molecule has 0 saturated carbocycles. The summed E-state index contributed by atoms with van der Waals surface area (Å²) in [4.78, 5) is 41.3. The molecule has 4 rings (SSSR count). The van der Waals surface area contributed by atoms with E-state index in [0.29, 0.717) is 16.8 Å². The fourth-order valence-electron chi connectivity index (χ4n) is 3.07. The number of rotatable bonds is 3. The normalized spacial score (nSPS) is 10.6. The van der Waals surface area contributed by atoms with E-state index in [9.17, 15) is 9.59 Å². The topological polar surface area (TPSA) is 98.6 Å². The van der Waals surface area contributed by atoms with Crippen LogP contribution in [0.4, 0.5) is 11.4 Å². The summed E-state index contributed by atoms with van der Waals surface area (Å²) in [5.41, 5.74) is 0.540. The molecule has 9 heteroatoms. The zero-order chi connectivity index (χ0) is 20.5. The first-order valence-corrected chi connectivity index (χ1v) is 8.40. The lowest BCUT2D eigenvalue weighted by molar-refractivity contribution is 0.414. The van der Waals surface area contributed by atoms with Crippen LogP contribution in [0.1, 0.15) is 5.56 Å². The molecule has 0 atom stereocenters. The molecule has 0 amide bonds. The number of fused-ring (bicyclic) bond motifs is 2. The Labute approximate surface area is 163 Å². The first-order chi connectivity index (χ1) is 14.0. The molecular formula is C20H12N6O3. The van der Waals surface area contributed by atoms with Gasteiger partial charge in [-0.2, -0.15) is 4.98 Å². The third-order valence-corrected chi connectivity index (χ3v) is 4.45. The molecule has 2 aliphatic heterocycles. The van der Waals surface area contributed by atoms with Crippen molar-refractivity contribution >= 4 is 22.4 Å². The number of aromatic amines is 1. The minimum atomic E-state index is -0.782. The Morgan fingerprint density at radius 2 is 1.76 bits per heavy atom. The smallest absolute Gasteiger partial charge is 0.349 e. The number of hydrogen-bond donors (Lipinski definition) is 1. The first kappa shape index (κ1) is 17.9. The van der Waals surface area contributed by atoms with Crippen LogP contribution in [0.15, 0.2) is 46.0 Å². The molecule has 0 aliphatic carbocycles. The highest BCUT2D eigenvalue weighted by atomic mass is 16.5. The van der Waals surface area contributed by atoms with E-state index in [2.05, 4.69) is 24.6 Å². The summed E-state index contributed by atoms with van der Waals surface area (Å²) in [6, 6.07) is 10.3. The van der Waals surface area contributed by atoms with E-state index in [1.165, 1.54) is 12.1 Å². The van der Waals surface area contributed by atoms with E-state index in [1.807, 2.05) is 12.1 Å². The number of hydrogen-bond acceptors (Lipinski definition) is 5. The molecule has 140 valence electrons. The van der Waals surface area contributed by atoms with Crippen LogP contribution < -0.4 is 16.0 Å². The molecule has 0 radical (unpaired) electrons. The van der Waals surface area contributed by atoms with E-state index in [-0.39, 0.29) is 29.4 Å². The largest absolute Gasteiger partial charge is 0.497 e. The number of benzene rings is 2. The fourth-order valence-corrected chi connectivity index (χ4v) is 3.07. The van der Waals surface area contributed by atoms with Crippen LogP contribution in [-0.2, 0) is 6.54 Å². The van der Waals surface area contributed by atoms with Gasteiger partial charge in [-0.3, -0.25) is 19.5 Å². The van der Waals surface area contributed by atoms with Gasteiger partial charge in [-0.1, -0.05) is 12.1 Å². The molecule has 0 unspecified atom stereocenters. The van der Waals surface area contributed by atoms with Crippen molar-refractivity contribution in [2.24, 2.45) is 0 Å². The second-order valence-electron chi connectivity index (χ2n) is 6.14. The van der Waals surface area contributed by atoms with Gasteiger partial charge in [0.1, 0.15) is 5.75 Å². The van der Waals surface area contributed by atoms with Crippen molar-refractivity contribution in [3.05, 3.63) is 85.6 Å². The molecule has 2 aromatic carbocycles. The number of aromatic nitrogens is 4. The van der Waals surface area contributed by atoms with Crippen molar-refractivity contribution in [2.75, 3.05) is 7.11 Å². The lowest BCUT2D eigenvalue weighted by Crippen LogP contribution is -2.29. The molecule has 9 nitrogen and oxygen atoms in total. The second-order valence-corrected chi connectivity index (χ2v) is 6.14. The monoisotopic (exact) mass is 384 g/mol. The molecule has 0 aromatic heterocycles. The highest BCUT2D eigenvalue weighted by molar-refractivity contribution is 5.90. The van der Waals surface area contributed by atoms with E-state index < -0.39 is 11.2 Å². The summed E-state index contributed by atoms with van der Waals surface area (Å²) < 4.78 is 6.82. The second kappa shape index (κ2) is 6.91. The van der Waals surface area contributed by atoms with Gasteiger partial charge < -0.3 is 9.30 Å². The number of nitrogens with zero attached hydrogens (tertiary/aromatic N) is 5. The average molecular weight is 384 g/mol. The van der Waals surface area contributed by atoms with Crippen LogP contribution in [0.25, 0.3) is 32.2 Å². The van der Waals surface area contributed by atoms with Crippen molar-refractivity contribution in [1.29, 1.82) is 0 Å². The van der Waals surface area contributed by atoms with Gasteiger partial charge in [-0.25, -0.2) is 9.78 Å². The Hall–Kier alpha value is -4.50. The molecule has 2 heterocycles. The summed E-state index contributed by atoms with van der Waals surface area (Å²) in [5, 5.41) is 0. The van der Waals surface area contributed by atoms with Crippen LogP contribution in [0.3, 0.4) is 0 Å². The minimum absolute atomic E-state index is 0.0166. The molecule has 2 aliphatic rings. The predicted octanol–water partition coefficient (Wildman–Crippen LogP) is 2.74. The molecular weight excluding hydrogens is 372 g/mol. The van der Waals surface area contributed by atoms with Crippen LogP contribution in [0, 0.1) is 13.1 Å². The highest BCUT2D eigenvalue weighted by Crippen LogP contribution is 2.34. The lowest BCUT2D eigenvalue weighted by atomic mass is 10.1. The molecule has 1 N–H and O–H groups in total. The van der Waals surface area contributed by atoms with Crippen LogP contribution in [0.5, 0.6) is 5.75 Å². The summed E-state index contributed by atoms with van der Waals surface area (Å²) in [5.74, 6) is 0.796. The molecule has 29 heavy (non-hydrogen) atoms. The van der Waals surface area contributed by atoms with E-state index in [1.54, 1.807) is 23.8 Å². The van der Waals surface area contributed by atoms with Gasteiger partial charge in [-0.05, 0) is 29.8 Å². The Morgan fingerprint density at radius 3 is 2.41 bits per heavy atom. The lowest BCUT2D eigenvalue weighted by Gasteiger charge is -2.17. The van der Waals surface area contributed by atoms with E-state index in [0.717, 1.165) is 5.56 Å². The van der Waals surface area contributed by atoms with Gasteiger partial charge in [0.25, 0.3) is 5.56 Å². The summed E-state index contributed by atoms with van der Waals surface area (Å²) in [7, 11) is 1.57. The SMILES string of the molecule is [C-]#[N+]c1cc2nc3c(=O)[nH]c(=O)nc-3n(Cc3ccc(OC)cc3)c2cc1[N+]#[C-]. The maximum Gasteiger partial charge on any atom is 0.349 e. The number of methoxy groups -OCH3 is 1. The minimum Gasteiger partial charge on any atom is -0.497 e. The zero-order valence-corrected chi connectivity index (χ0v) is 15.1. The Bertz CT molecular complexity index is 1420. The highest BCUT2D eigenvalue weighted by Gasteiger charge is 2.20. The van der Waals surface area contributed by atoms with E-state index >= 15 is 0 Å². The van der Waals surface area contributed by atoms with Gasteiger partial charge in [0.2, 0.25) is 0 Å². The van der Waals surface area contributed by atoms with Crippen molar-refractivity contribution in [1.82, 2.24) is 19.5 Å². The first-order valence-electron chi connectivity index (χ1n) is 8.40. The van der Waals surface area contributed by atoms with Crippen LogP contribution in [-0.4, -0.2) is 26.6 Å². The quantitative estimate of drug-likeness (QED) is 0.433. The molecule has 0 bridgehead atoms. The van der Waals surface area contributed by atoms with Gasteiger partial charge in [-0.15, -0.1) is 0 Å². The average Bonchev–Trinajstić information content (AvgIpc) is 2.73. The Morgan fingerprint density at radius 1 is 1.07 bits per heavy atom. The standard InChI is InChI=1S/C20H12N6O3/c1-21-13-8-15-16(9-14(13)22-2)26(10-11-4-6-12(29-3)7-5-11)18-17(23-15)19(27)25-20(28)24-18/h4-9H,10H2,3H3,(H,25,27,28). The summed E-state index contributed by atoms with van der Waals surface area (Å²) >= 11 is 0. The maximum atomic E-state index is 12.3. The number of nitrogens with one attached hydrogen (secondary N) is 1. The number of H-pyrrole nitrogens is 1. The third-order valence-electron chi connectivity index (χ3n) is 4.45. The number of ether oxygens (including phenoxy) is 1. The maximum absolute atomic E-state index is 12.3. The fraction of sp³-hybridized carbons (Fsp3) is 0.100. The molecule has 2 aromatic rings. The van der Waals surface area contributed by atoms with Crippen molar-refractivity contribution in [3.63, 3.8) is 0 Å². The van der Waals surface area contributed by atoms with Gasteiger partial charge in [0, 0.05) is 6.54 Å². The van der Waals surface area contributed by atoms with Crippen LogP contribution >= 0.6 is 0 Å². The summed E-state index contributed by atoms with van der Waals surface area (Å²) in [6.45, 7) is 14.9. The van der Waals surface area contributed by atoms with Gasteiger partial charge in [0.15, 0.2) is 22.9 Å². The van der Waals surface area contributed by atoms with Gasteiger partial charge >= 0.3 is 5.69 Å². The van der Waals surface area contributed by atoms with Gasteiger partial charge in [0.05, 0.1) is 31.3 Å². The Kier molecular flexibility index (Phi) is 4.26. The molecule has 0 fully saturated rings. The zero-order valence-electron chi connectivity index (χ0n) is 15.1.